The molecule has 1 heterocycles. The monoisotopic (exact) mass is 321 g/mol. The number of nitrogens with one attached hydrogen (secondary N) is 1. The minimum absolute atomic E-state index is 0.478. The summed E-state index contributed by atoms with van der Waals surface area (Å²) in [4.78, 5) is 8.87. The summed E-state index contributed by atoms with van der Waals surface area (Å²) in [5, 5.41) is 4.57. The van der Waals surface area contributed by atoms with E-state index in [4.69, 9.17) is 23.2 Å². The molecule has 1 aliphatic carbocycles. The first-order valence-corrected chi connectivity index (χ1v) is 7.84. The molecule has 1 aromatic heterocycles. The topological polar surface area (TPSA) is 37.8 Å². The van der Waals surface area contributed by atoms with Crippen molar-refractivity contribution in [3.8, 4) is 0 Å². The second-order valence-electron chi connectivity index (χ2n) is 5.68. The first kappa shape index (κ1) is 14.6. The highest BCUT2D eigenvalue weighted by Crippen LogP contribution is 2.32. The van der Waals surface area contributed by atoms with Crippen LogP contribution in [-0.4, -0.2) is 9.97 Å². The Morgan fingerprint density at radius 3 is 2.57 bits per heavy atom. The van der Waals surface area contributed by atoms with Crippen molar-refractivity contribution in [2.75, 3.05) is 5.32 Å². The lowest BCUT2D eigenvalue weighted by Crippen LogP contribution is -2.02. The molecule has 5 heteroatoms. The van der Waals surface area contributed by atoms with E-state index in [1.54, 1.807) is 6.07 Å². The van der Waals surface area contributed by atoms with E-state index in [1.165, 1.54) is 12.8 Å². The second-order valence-corrected chi connectivity index (χ2v) is 6.48. The largest absolute Gasteiger partial charge is 0.340 e. The third kappa shape index (κ3) is 3.66. The van der Waals surface area contributed by atoms with Crippen LogP contribution in [0.4, 0.5) is 11.5 Å². The number of halogens is 2. The lowest BCUT2D eigenvalue weighted by Gasteiger charge is -2.12. The summed E-state index contributed by atoms with van der Waals surface area (Å²) in [6.45, 7) is 4.00. The summed E-state index contributed by atoms with van der Waals surface area (Å²) in [5.41, 5.74) is 3.09. The van der Waals surface area contributed by atoms with Crippen LogP contribution in [0.25, 0.3) is 0 Å². The molecule has 1 aromatic carbocycles. The van der Waals surface area contributed by atoms with Gasteiger partial charge in [-0.05, 0) is 55.9 Å². The smallest absolute Gasteiger partial charge is 0.135 e. The molecule has 0 bridgehead atoms. The van der Waals surface area contributed by atoms with Crippen LogP contribution in [0.1, 0.15) is 29.8 Å². The van der Waals surface area contributed by atoms with E-state index in [-0.39, 0.29) is 0 Å². The molecule has 3 rings (SSSR count). The number of aryl methyl sites for hydroxylation is 2. The normalized spacial score (nSPS) is 14.3. The van der Waals surface area contributed by atoms with Gasteiger partial charge in [-0.3, -0.25) is 0 Å². The molecule has 0 atom stereocenters. The summed E-state index contributed by atoms with van der Waals surface area (Å²) < 4.78 is 0. The van der Waals surface area contributed by atoms with Crippen molar-refractivity contribution >= 4 is 34.7 Å². The lowest BCUT2D eigenvalue weighted by atomic mass is 10.1. The lowest BCUT2D eigenvalue weighted by molar-refractivity contribution is 0.771. The Bertz CT molecular complexity index is 681. The van der Waals surface area contributed by atoms with Crippen LogP contribution in [0.3, 0.4) is 0 Å². The van der Waals surface area contributed by atoms with Gasteiger partial charge in [0.2, 0.25) is 0 Å². The number of benzene rings is 1. The number of anilines is 2. The molecule has 0 radical (unpaired) electrons. The average Bonchev–Trinajstić information content (AvgIpc) is 3.19. The van der Waals surface area contributed by atoms with Gasteiger partial charge < -0.3 is 5.32 Å². The highest BCUT2D eigenvalue weighted by Gasteiger charge is 2.23. The fourth-order valence-corrected chi connectivity index (χ4v) is 2.67. The fraction of sp³-hybridized carbons (Fsp3) is 0.375. The van der Waals surface area contributed by atoms with Crippen LogP contribution >= 0.6 is 23.2 Å². The Hall–Kier alpha value is -1.32. The predicted octanol–water partition coefficient (Wildman–Crippen LogP) is 5.10. The van der Waals surface area contributed by atoms with Gasteiger partial charge in [0.05, 0.1) is 0 Å². The molecular formula is C16H17Cl2N3. The van der Waals surface area contributed by atoms with E-state index < -0.39 is 0 Å². The van der Waals surface area contributed by atoms with Crippen molar-refractivity contribution in [2.45, 2.75) is 33.1 Å². The summed E-state index contributed by atoms with van der Waals surface area (Å²) >= 11 is 12.2. The van der Waals surface area contributed by atoms with Crippen molar-refractivity contribution in [3.63, 3.8) is 0 Å². The molecule has 110 valence electrons. The van der Waals surface area contributed by atoms with Gasteiger partial charge in [-0.25, -0.2) is 9.97 Å². The number of hydrogen-bond donors (Lipinski definition) is 1. The highest BCUT2D eigenvalue weighted by atomic mass is 35.5. The molecule has 2 aromatic rings. The van der Waals surface area contributed by atoms with Crippen LogP contribution in [0, 0.1) is 19.8 Å². The van der Waals surface area contributed by atoms with E-state index in [9.17, 15) is 0 Å². The zero-order valence-corrected chi connectivity index (χ0v) is 13.6. The Balaban J connectivity index is 1.86. The third-order valence-corrected chi connectivity index (χ3v) is 4.28. The van der Waals surface area contributed by atoms with Gasteiger partial charge >= 0.3 is 0 Å². The van der Waals surface area contributed by atoms with Crippen molar-refractivity contribution in [3.05, 3.63) is 45.3 Å². The minimum atomic E-state index is 0.478. The molecule has 1 aliphatic rings. The van der Waals surface area contributed by atoms with Gasteiger partial charge in [0.25, 0.3) is 0 Å². The standard InChI is InChI=1S/C16H17Cl2N3/c1-9-6-13(10(2)5-12(9)17)19-16-8-14(18)20-15(21-16)7-11-3-4-11/h5-6,8,11H,3-4,7H2,1-2H3,(H,19,20,21). The predicted molar refractivity (Wildman–Crippen MR) is 87.7 cm³/mol. The maximum atomic E-state index is 6.13. The summed E-state index contributed by atoms with van der Waals surface area (Å²) in [6.07, 6.45) is 3.45. The second kappa shape index (κ2) is 5.82. The van der Waals surface area contributed by atoms with Crippen molar-refractivity contribution in [1.29, 1.82) is 0 Å². The molecule has 1 saturated carbocycles. The van der Waals surface area contributed by atoms with Gasteiger partial charge in [0.1, 0.15) is 16.8 Å². The molecule has 1 fully saturated rings. The fourth-order valence-electron chi connectivity index (χ4n) is 2.25. The van der Waals surface area contributed by atoms with E-state index in [0.29, 0.717) is 5.15 Å². The average molecular weight is 322 g/mol. The van der Waals surface area contributed by atoms with E-state index in [2.05, 4.69) is 15.3 Å². The molecular weight excluding hydrogens is 305 g/mol. The van der Waals surface area contributed by atoms with Crippen molar-refractivity contribution in [2.24, 2.45) is 5.92 Å². The number of hydrogen-bond acceptors (Lipinski definition) is 3. The van der Waals surface area contributed by atoms with Gasteiger partial charge in [-0.2, -0.15) is 0 Å². The Morgan fingerprint density at radius 2 is 1.86 bits per heavy atom. The molecule has 0 amide bonds. The maximum Gasteiger partial charge on any atom is 0.135 e. The van der Waals surface area contributed by atoms with E-state index in [0.717, 1.165) is 45.8 Å². The summed E-state index contributed by atoms with van der Waals surface area (Å²) in [6, 6.07) is 5.72. The SMILES string of the molecule is Cc1cc(Nc2cc(Cl)nc(CC3CC3)n2)c(C)cc1Cl. The van der Waals surface area contributed by atoms with Gasteiger partial charge in [0.15, 0.2) is 0 Å². The van der Waals surface area contributed by atoms with Crippen LogP contribution in [0.15, 0.2) is 18.2 Å². The number of nitrogens with zero attached hydrogens (tertiary/aromatic N) is 2. The number of rotatable bonds is 4. The third-order valence-electron chi connectivity index (χ3n) is 3.68. The van der Waals surface area contributed by atoms with Crippen molar-refractivity contribution in [1.82, 2.24) is 9.97 Å². The quantitative estimate of drug-likeness (QED) is 0.796. The molecule has 0 spiro atoms. The number of aromatic nitrogens is 2. The van der Waals surface area contributed by atoms with E-state index in [1.807, 2.05) is 26.0 Å². The van der Waals surface area contributed by atoms with E-state index >= 15 is 0 Å². The van der Waals surface area contributed by atoms with Crippen molar-refractivity contribution < 1.29 is 0 Å². The van der Waals surface area contributed by atoms with Gasteiger partial charge in [-0.15, -0.1) is 0 Å². The van der Waals surface area contributed by atoms with Crippen LogP contribution in [0.2, 0.25) is 10.2 Å². The Morgan fingerprint density at radius 1 is 1.10 bits per heavy atom. The van der Waals surface area contributed by atoms with Crippen LogP contribution < -0.4 is 5.32 Å². The molecule has 0 saturated heterocycles. The minimum Gasteiger partial charge on any atom is -0.340 e. The van der Waals surface area contributed by atoms with Crippen LogP contribution in [0.5, 0.6) is 0 Å². The first-order valence-electron chi connectivity index (χ1n) is 7.08. The Labute approximate surface area is 134 Å². The molecule has 3 nitrogen and oxygen atoms in total. The highest BCUT2D eigenvalue weighted by molar-refractivity contribution is 6.31. The first-order chi connectivity index (χ1) is 10.0. The van der Waals surface area contributed by atoms with Crippen LogP contribution in [-0.2, 0) is 6.42 Å². The summed E-state index contributed by atoms with van der Waals surface area (Å²) in [5.74, 6) is 2.28. The van der Waals surface area contributed by atoms with Gasteiger partial charge in [0, 0.05) is 23.2 Å². The zero-order chi connectivity index (χ0) is 15.0. The molecule has 0 unspecified atom stereocenters. The molecule has 0 aliphatic heterocycles. The molecule has 21 heavy (non-hydrogen) atoms. The summed E-state index contributed by atoms with van der Waals surface area (Å²) in [7, 11) is 0. The Kier molecular flexibility index (Phi) is 4.05. The molecule has 1 N–H and O–H groups in total. The maximum absolute atomic E-state index is 6.13. The zero-order valence-electron chi connectivity index (χ0n) is 12.1. The van der Waals surface area contributed by atoms with Gasteiger partial charge in [-0.1, -0.05) is 23.2 Å².